The Bertz CT molecular complexity index is 328. The standard InChI is InChI=1S/C7H6N2O4/c10-6(11)4-8-9-7(12)5-2-1-3-13-5/h1-4H,(H,9,12)(H,10,11)/b8-4+. The van der Waals surface area contributed by atoms with Gasteiger partial charge in [0.25, 0.3) is 0 Å². The summed E-state index contributed by atoms with van der Waals surface area (Å²) in [6.07, 6.45) is 1.90. The van der Waals surface area contributed by atoms with Gasteiger partial charge in [0.15, 0.2) is 5.76 Å². The zero-order chi connectivity index (χ0) is 9.68. The Morgan fingerprint density at radius 2 is 2.38 bits per heavy atom. The van der Waals surface area contributed by atoms with Gasteiger partial charge < -0.3 is 9.52 Å². The number of amides is 1. The van der Waals surface area contributed by atoms with Crippen LogP contribution in [0.25, 0.3) is 0 Å². The first-order valence-corrected chi connectivity index (χ1v) is 3.30. The maximum Gasteiger partial charge on any atom is 0.348 e. The first kappa shape index (κ1) is 8.98. The van der Waals surface area contributed by atoms with E-state index in [0.29, 0.717) is 6.21 Å². The van der Waals surface area contributed by atoms with E-state index >= 15 is 0 Å². The molecule has 0 saturated heterocycles. The van der Waals surface area contributed by atoms with Crippen molar-refractivity contribution >= 4 is 18.1 Å². The molecular formula is C7H6N2O4. The fourth-order valence-electron chi connectivity index (χ4n) is 0.609. The van der Waals surface area contributed by atoms with Gasteiger partial charge in [0.1, 0.15) is 6.21 Å². The zero-order valence-electron chi connectivity index (χ0n) is 6.43. The van der Waals surface area contributed by atoms with Crippen LogP contribution in [0.1, 0.15) is 10.6 Å². The van der Waals surface area contributed by atoms with E-state index in [4.69, 9.17) is 9.52 Å². The van der Waals surface area contributed by atoms with Gasteiger partial charge in [0.2, 0.25) is 0 Å². The summed E-state index contributed by atoms with van der Waals surface area (Å²) in [5, 5.41) is 11.3. The predicted molar refractivity (Wildman–Crippen MR) is 42.3 cm³/mol. The molecule has 6 nitrogen and oxygen atoms in total. The SMILES string of the molecule is O=C(O)/C=N/NC(=O)c1ccco1. The molecule has 0 aliphatic rings. The van der Waals surface area contributed by atoms with Gasteiger partial charge in [-0.25, -0.2) is 10.2 Å². The Hall–Kier alpha value is -2.11. The number of hydrogen-bond acceptors (Lipinski definition) is 4. The lowest BCUT2D eigenvalue weighted by Gasteiger charge is -1.92. The molecule has 0 unspecified atom stereocenters. The Morgan fingerprint density at radius 1 is 1.62 bits per heavy atom. The minimum Gasteiger partial charge on any atom is -0.477 e. The van der Waals surface area contributed by atoms with Crippen LogP contribution >= 0.6 is 0 Å². The van der Waals surface area contributed by atoms with Crippen LogP contribution in [-0.2, 0) is 4.79 Å². The van der Waals surface area contributed by atoms with Crippen LogP contribution in [-0.4, -0.2) is 23.2 Å². The molecule has 0 aliphatic carbocycles. The zero-order valence-corrected chi connectivity index (χ0v) is 6.43. The summed E-state index contributed by atoms with van der Waals surface area (Å²) >= 11 is 0. The molecule has 0 aromatic carbocycles. The van der Waals surface area contributed by atoms with E-state index in [1.807, 2.05) is 5.43 Å². The van der Waals surface area contributed by atoms with Crippen LogP contribution in [0.5, 0.6) is 0 Å². The molecule has 6 heteroatoms. The minimum atomic E-state index is -1.24. The van der Waals surface area contributed by atoms with Crippen molar-refractivity contribution in [3.8, 4) is 0 Å². The van der Waals surface area contributed by atoms with Crippen molar-refractivity contribution in [2.45, 2.75) is 0 Å². The Labute approximate surface area is 72.9 Å². The van der Waals surface area contributed by atoms with Crippen molar-refractivity contribution in [3.05, 3.63) is 24.2 Å². The van der Waals surface area contributed by atoms with E-state index < -0.39 is 11.9 Å². The van der Waals surface area contributed by atoms with E-state index in [9.17, 15) is 9.59 Å². The number of nitrogens with zero attached hydrogens (tertiary/aromatic N) is 1. The van der Waals surface area contributed by atoms with E-state index in [1.54, 1.807) is 0 Å². The largest absolute Gasteiger partial charge is 0.477 e. The molecule has 1 amide bonds. The summed E-state index contributed by atoms with van der Waals surface area (Å²) in [7, 11) is 0. The first-order chi connectivity index (χ1) is 6.20. The fraction of sp³-hybridized carbons (Fsp3) is 0. The second-order valence-electron chi connectivity index (χ2n) is 2.01. The van der Waals surface area contributed by atoms with Gasteiger partial charge in [-0.3, -0.25) is 4.79 Å². The average molecular weight is 182 g/mol. The topological polar surface area (TPSA) is 91.9 Å². The molecule has 1 heterocycles. The van der Waals surface area contributed by atoms with Crippen molar-refractivity contribution in [1.29, 1.82) is 0 Å². The summed E-state index contributed by atoms with van der Waals surface area (Å²) in [4.78, 5) is 20.9. The van der Waals surface area contributed by atoms with Gasteiger partial charge >= 0.3 is 11.9 Å². The highest BCUT2D eigenvalue weighted by Crippen LogP contribution is 1.98. The molecule has 0 aliphatic heterocycles. The third kappa shape index (κ3) is 2.78. The van der Waals surface area contributed by atoms with E-state index in [0.717, 1.165) is 0 Å². The number of furan rings is 1. The highest BCUT2D eigenvalue weighted by molar-refractivity contribution is 6.22. The number of hydrogen-bond donors (Lipinski definition) is 2. The molecule has 0 radical (unpaired) electrons. The van der Waals surface area contributed by atoms with Crippen LogP contribution in [0.15, 0.2) is 27.9 Å². The van der Waals surface area contributed by atoms with Crippen molar-refractivity contribution in [1.82, 2.24) is 5.43 Å². The molecule has 1 aromatic heterocycles. The van der Waals surface area contributed by atoms with Gasteiger partial charge in [-0.15, -0.1) is 0 Å². The van der Waals surface area contributed by atoms with Gasteiger partial charge in [-0.1, -0.05) is 0 Å². The monoisotopic (exact) mass is 182 g/mol. The molecule has 13 heavy (non-hydrogen) atoms. The van der Waals surface area contributed by atoms with Crippen LogP contribution in [0.3, 0.4) is 0 Å². The quantitative estimate of drug-likeness (QED) is 0.511. The van der Waals surface area contributed by atoms with Gasteiger partial charge in [0.05, 0.1) is 6.26 Å². The van der Waals surface area contributed by atoms with Crippen LogP contribution in [0.2, 0.25) is 0 Å². The maximum atomic E-state index is 11.0. The summed E-state index contributed by atoms with van der Waals surface area (Å²) in [5.41, 5.74) is 1.97. The molecule has 1 rings (SSSR count). The summed E-state index contributed by atoms with van der Waals surface area (Å²) in [6, 6.07) is 2.97. The van der Waals surface area contributed by atoms with Crippen LogP contribution in [0, 0.1) is 0 Å². The number of carboxylic acid groups (broad SMARTS) is 1. The van der Waals surface area contributed by atoms with Crippen LogP contribution in [0.4, 0.5) is 0 Å². The van der Waals surface area contributed by atoms with Gasteiger partial charge in [-0.2, -0.15) is 5.10 Å². The molecule has 68 valence electrons. The third-order valence-electron chi connectivity index (χ3n) is 1.09. The van der Waals surface area contributed by atoms with Crippen molar-refractivity contribution in [3.63, 3.8) is 0 Å². The Morgan fingerprint density at radius 3 is 2.92 bits per heavy atom. The Kier molecular flexibility index (Phi) is 2.80. The molecule has 0 spiro atoms. The molecule has 0 atom stereocenters. The lowest BCUT2D eigenvalue weighted by Crippen LogP contribution is -2.17. The van der Waals surface area contributed by atoms with Crippen molar-refractivity contribution < 1.29 is 19.1 Å². The summed E-state index contributed by atoms with van der Waals surface area (Å²) in [6.45, 7) is 0. The highest BCUT2D eigenvalue weighted by Gasteiger charge is 2.05. The van der Waals surface area contributed by atoms with E-state index in [1.165, 1.54) is 18.4 Å². The summed E-state index contributed by atoms with van der Waals surface area (Å²) in [5.74, 6) is -1.76. The van der Waals surface area contributed by atoms with Crippen LogP contribution < -0.4 is 5.43 Å². The number of carbonyl (C=O) groups excluding carboxylic acids is 1. The number of rotatable bonds is 3. The molecule has 0 fully saturated rings. The second kappa shape index (κ2) is 4.05. The number of hydrazone groups is 1. The lowest BCUT2D eigenvalue weighted by atomic mass is 10.4. The number of aliphatic carboxylic acids is 1. The number of carboxylic acids is 1. The first-order valence-electron chi connectivity index (χ1n) is 3.30. The molecule has 2 N–H and O–H groups in total. The van der Waals surface area contributed by atoms with Crippen molar-refractivity contribution in [2.75, 3.05) is 0 Å². The second-order valence-corrected chi connectivity index (χ2v) is 2.01. The van der Waals surface area contributed by atoms with Gasteiger partial charge in [0, 0.05) is 0 Å². The molecule has 0 saturated carbocycles. The highest BCUT2D eigenvalue weighted by atomic mass is 16.4. The minimum absolute atomic E-state index is 0.0718. The Balaban J connectivity index is 2.48. The maximum absolute atomic E-state index is 11.0. The predicted octanol–water partition coefficient (Wildman–Crippen LogP) is 0.0798. The lowest BCUT2D eigenvalue weighted by molar-refractivity contribution is -0.128. The molecule has 0 bridgehead atoms. The third-order valence-corrected chi connectivity index (χ3v) is 1.09. The molecule has 1 aromatic rings. The smallest absolute Gasteiger partial charge is 0.348 e. The normalized spacial score (nSPS) is 10.2. The number of carbonyl (C=O) groups is 2. The summed E-state index contributed by atoms with van der Waals surface area (Å²) < 4.78 is 4.72. The molecular weight excluding hydrogens is 176 g/mol. The van der Waals surface area contributed by atoms with Gasteiger partial charge in [-0.05, 0) is 12.1 Å². The van der Waals surface area contributed by atoms with E-state index in [-0.39, 0.29) is 5.76 Å². The van der Waals surface area contributed by atoms with Crippen molar-refractivity contribution in [2.24, 2.45) is 5.10 Å². The number of nitrogens with one attached hydrogen (secondary N) is 1. The fourth-order valence-corrected chi connectivity index (χ4v) is 0.609. The van der Waals surface area contributed by atoms with E-state index in [2.05, 4.69) is 5.10 Å². The average Bonchev–Trinajstić information content (AvgIpc) is 2.55.